The van der Waals surface area contributed by atoms with Gasteiger partial charge in [-0.1, -0.05) is 19.1 Å². The molecule has 7 nitrogen and oxygen atoms in total. The predicted molar refractivity (Wildman–Crippen MR) is 82.2 cm³/mol. The first kappa shape index (κ1) is 16.0. The van der Waals surface area contributed by atoms with Gasteiger partial charge < -0.3 is 16.0 Å². The van der Waals surface area contributed by atoms with Crippen LogP contribution in [0.15, 0.2) is 24.3 Å². The molecule has 0 aliphatic carbocycles. The second kappa shape index (κ2) is 6.15. The second-order valence-electron chi connectivity index (χ2n) is 5.56. The fraction of sp³-hybridized carbons (Fsp3) is 0.400. The van der Waals surface area contributed by atoms with Crippen molar-refractivity contribution in [2.75, 3.05) is 18.9 Å². The van der Waals surface area contributed by atoms with Crippen LogP contribution in [0.3, 0.4) is 0 Å². The molecule has 2 unspecified atom stereocenters. The van der Waals surface area contributed by atoms with Crippen molar-refractivity contribution in [2.45, 2.75) is 19.4 Å². The van der Waals surface area contributed by atoms with Crippen molar-refractivity contribution >= 4 is 23.5 Å². The minimum Gasteiger partial charge on any atom is -0.326 e. The number of rotatable bonds is 5. The number of carbonyl (C=O) groups is 3. The third kappa shape index (κ3) is 3.09. The number of imide groups is 1. The van der Waals surface area contributed by atoms with Crippen molar-refractivity contribution < 1.29 is 14.4 Å². The van der Waals surface area contributed by atoms with E-state index < -0.39 is 17.5 Å². The first-order valence-electron chi connectivity index (χ1n) is 7.06. The molecule has 1 aliphatic heterocycles. The molecule has 0 aromatic heterocycles. The lowest BCUT2D eigenvalue weighted by atomic mass is 9.92. The molecule has 1 aliphatic rings. The Balaban J connectivity index is 2.19. The Bertz CT molecular complexity index is 617. The molecule has 0 bridgehead atoms. The molecule has 1 fully saturated rings. The van der Waals surface area contributed by atoms with Gasteiger partial charge in [-0.2, -0.15) is 0 Å². The average molecular weight is 304 g/mol. The largest absolute Gasteiger partial charge is 0.326 e. The molecule has 0 radical (unpaired) electrons. The van der Waals surface area contributed by atoms with Gasteiger partial charge in [0.1, 0.15) is 5.54 Å². The van der Waals surface area contributed by atoms with Crippen LogP contribution in [0, 0.1) is 5.92 Å². The Morgan fingerprint density at radius 1 is 1.36 bits per heavy atom. The van der Waals surface area contributed by atoms with Crippen molar-refractivity contribution in [1.82, 2.24) is 16.0 Å². The number of hydrogen-bond donors (Lipinski definition) is 4. The molecule has 4 amide bonds. The van der Waals surface area contributed by atoms with E-state index in [1.165, 1.54) is 0 Å². The van der Waals surface area contributed by atoms with Gasteiger partial charge in [0.05, 0.1) is 0 Å². The standard InChI is InChI=1S/C15H20N4O3/c1-9(8-16-3)12(20)17-11-6-4-5-10(7-11)15(2)13(21)18-14(22)19-15/h4-7,9,16H,8H2,1-3H3,(H,17,20)(H2,18,19,21,22). The van der Waals surface area contributed by atoms with Gasteiger partial charge in [0.15, 0.2) is 0 Å². The van der Waals surface area contributed by atoms with Crippen LogP contribution in [0.25, 0.3) is 0 Å². The minimum absolute atomic E-state index is 0.114. The number of amides is 4. The molecule has 2 rings (SSSR count). The zero-order chi connectivity index (χ0) is 16.3. The summed E-state index contributed by atoms with van der Waals surface area (Å²) in [6.45, 7) is 4.02. The SMILES string of the molecule is CNCC(C)C(=O)Nc1cccc(C2(C)NC(=O)NC2=O)c1. The van der Waals surface area contributed by atoms with E-state index in [4.69, 9.17) is 0 Å². The van der Waals surface area contributed by atoms with E-state index in [9.17, 15) is 14.4 Å². The molecule has 7 heteroatoms. The molecule has 4 N–H and O–H groups in total. The Kier molecular flexibility index (Phi) is 4.46. The van der Waals surface area contributed by atoms with Gasteiger partial charge in [0, 0.05) is 18.2 Å². The first-order valence-corrected chi connectivity index (χ1v) is 7.06. The lowest BCUT2D eigenvalue weighted by Crippen LogP contribution is -2.40. The lowest BCUT2D eigenvalue weighted by molar-refractivity contribution is -0.123. The molecule has 1 saturated heterocycles. The van der Waals surface area contributed by atoms with E-state index in [0.29, 0.717) is 17.8 Å². The Hall–Kier alpha value is -2.41. The van der Waals surface area contributed by atoms with Crippen LogP contribution in [0.2, 0.25) is 0 Å². The number of nitrogens with one attached hydrogen (secondary N) is 4. The van der Waals surface area contributed by atoms with Crippen LogP contribution in [-0.4, -0.2) is 31.4 Å². The van der Waals surface area contributed by atoms with Crippen LogP contribution in [-0.2, 0) is 15.1 Å². The van der Waals surface area contributed by atoms with Crippen LogP contribution < -0.4 is 21.3 Å². The summed E-state index contributed by atoms with van der Waals surface area (Å²) in [5, 5.41) is 10.6. The van der Waals surface area contributed by atoms with Gasteiger partial charge in [0.2, 0.25) is 5.91 Å². The number of hydrogen-bond acceptors (Lipinski definition) is 4. The summed E-state index contributed by atoms with van der Waals surface area (Å²) < 4.78 is 0. The quantitative estimate of drug-likeness (QED) is 0.596. The minimum atomic E-state index is -1.13. The van der Waals surface area contributed by atoms with Crippen molar-refractivity contribution in [3.8, 4) is 0 Å². The molecule has 2 atom stereocenters. The summed E-state index contributed by atoms with van der Waals surface area (Å²) in [6.07, 6.45) is 0. The maximum Gasteiger partial charge on any atom is 0.322 e. The molecule has 1 heterocycles. The van der Waals surface area contributed by atoms with Crippen molar-refractivity contribution in [2.24, 2.45) is 5.92 Å². The zero-order valence-corrected chi connectivity index (χ0v) is 12.8. The predicted octanol–water partition coefficient (Wildman–Crippen LogP) is 0.535. The van der Waals surface area contributed by atoms with Crippen molar-refractivity contribution in [3.05, 3.63) is 29.8 Å². The highest BCUT2D eigenvalue weighted by atomic mass is 16.2. The van der Waals surface area contributed by atoms with Crippen LogP contribution >= 0.6 is 0 Å². The summed E-state index contributed by atoms with van der Waals surface area (Å²) in [7, 11) is 1.78. The highest BCUT2D eigenvalue weighted by Gasteiger charge is 2.43. The number of anilines is 1. The first-order chi connectivity index (χ1) is 10.4. The van der Waals surface area contributed by atoms with Gasteiger partial charge >= 0.3 is 6.03 Å². The maximum atomic E-state index is 12.0. The third-order valence-corrected chi connectivity index (χ3v) is 3.71. The van der Waals surface area contributed by atoms with E-state index in [2.05, 4.69) is 21.3 Å². The van der Waals surface area contributed by atoms with Crippen molar-refractivity contribution in [3.63, 3.8) is 0 Å². The molecule has 0 spiro atoms. The number of carbonyl (C=O) groups excluding carboxylic acids is 3. The van der Waals surface area contributed by atoms with E-state index >= 15 is 0 Å². The monoisotopic (exact) mass is 304 g/mol. The number of benzene rings is 1. The van der Waals surface area contributed by atoms with Gasteiger partial charge in [-0.25, -0.2) is 4.79 Å². The summed E-state index contributed by atoms with van der Waals surface area (Å²) in [5.74, 6) is -0.709. The van der Waals surface area contributed by atoms with E-state index in [1.54, 1.807) is 38.2 Å². The highest BCUT2D eigenvalue weighted by Crippen LogP contribution is 2.26. The molecule has 1 aromatic rings. The average Bonchev–Trinajstić information content (AvgIpc) is 2.73. The second-order valence-corrected chi connectivity index (χ2v) is 5.56. The fourth-order valence-electron chi connectivity index (χ4n) is 2.32. The summed E-state index contributed by atoms with van der Waals surface area (Å²) in [4.78, 5) is 35.3. The van der Waals surface area contributed by atoms with Crippen molar-refractivity contribution in [1.29, 1.82) is 0 Å². The Morgan fingerprint density at radius 2 is 2.09 bits per heavy atom. The molecule has 118 valence electrons. The molecule has 22 heavy (non-hydrogen) atoms. The van der Waals surface area contributed by atoms with Gasteiger partial charge in [-0.3, -0.25) is 14.9 Å². The fourth-order valence-corrected chi connectivity index (χ4v) is 2.32. The molecule has 0 saturated carbocycles. The van der Waals surface area contributed by atoms with E-state index in [-0.39, 0.29) is 11.8 Å². The van der Waals surface area contributed by atoms with Crippen LogP contribution in [0.4, 0.5) is 10.5 Å². The summed E-state index contributed by atoms with van der Waals surface area (Å²) in [6, 6.07) is 6.37. The Labute approximate surface area is 128 Å². The van der Waals surface area contributed by atoms with Crippen LogP contribution in [0.5, 0.6) is 0 Å². The van der Waals surface area contributed by atoms with Crippen LogP contribution in [0.1, 0.15) is 19.4 Å². The zero-order valence-electron chi connectivity index (χ0n) is 12.8. The van der Waals surface area contributed by atoms with E-state index in [0.717, 1.165) is 0 Å². The lowest BCUT2D eigenvalue weighted by Gasteiger charge is -2.22. The number of urea groups is 1. The maximum absolute atomic E-state index is 12.0. The summed E-state index contributed by atoms with van der Waals surface area (Å²) in [5.41, 5.74) is 0.0598. The van der Waals surface area contributed by atoms with Gasteiger partial charge in [-0.15, -0.1) is 0 Å². The topological polar surface area (TPSA) is 99.3 Å². The Morgan fingerprint density at radius 3 is 2.68 bits per heavy atom. The normalized spacial score (nSPS) is 22.0. The van der Waals surface area contributed by atoms with Gasteiger partial charge in [0.25, 0.3) is 5.91 Å². The van der Waals surface area contributed by atoms with Gasteiger partial charge in [-0.05, 0) is 31.7 Å². The highest BCUT2D eigenvalue weighted by molar-refractivity contribution is 6.07. The third-order valence-electron chi connectivity index (χ3n) is 3.71. The molecular formula is C15H20N4O3. The van der Waals surface area contributed by atoms with E-state index in [1.807, 2.05) is 6.92 Å². The molecule has 1 aromatic carbocycles. The molecular weight excluding hydrogens is 284 g/mol. The smallest absolute Gasteiger partial charge is 0.322 e. The summed E-state index contributed by atoms with van der Waals surface area (Å²) >= 11 is 0.